The molecule has 3 nitrogen and oxygen atoms in total. The summed E-state index contributed by atoms with van der Waals surface area (Å²) < 4.78 is 10.9. The first kappa shape index (κ1) is 15.7. The van der Waals surface area contributed by atoms with Gasteiger partial charge in [0.2, 0.25) is 0 Å². The average molecular weight is 303 g/mol. The van der Waals surface area contributed by atoms with Crippen molar-refractivity contribution in [3.8, 4) is 11.5 Å². The molecule has 0 aromatic heterocycles. The van der Waals surface area contributed by atoms with E-state index in [0.717, 1.165) is 28.4 Å². The van der Waals surface area contributed by atoms with Crippen molar-refractivity contribution >= 4 is 11.8 Å². The molecule has 2 aromatic rings. The van der Waals surface area contributed by atoms with Crippen molar-refractivity contribution in [2.24, 2.45) is 5.73 Å². The number of ether oxygens (including phenoxy) is 2. The summed E-state index contributed by atoms with van der Waals surface area (Å²) in [6.45, 7) is 2.14. The first-order chi connectivity index (χ1) is 10.2. The van der Waals surface area contributed by atoms with Crippen LogP contribution in [0.4, 0.5) is 0 Å². The predicted molar refractivity (Wildman–Crippen MR) is 88.4 cm³/mol. The van der Waals surface area contributed by atoms with Crippen LogP contribution < -0.4 is 15.2 Å². The molecule has 0 heterocycles. The van der Waals surface area contributed by atoms with E-state index in [-0.39, 0.29) is 6.04 Å². The second-order valence-electron chi connectivity index (χ2n) is 4.56. The minimum absolute atomic E-state index is 0.281. The molecular weight excluding hydrogens is 282 g/mol. The van der Waals surface area contributed by atoms with E-state index in [1.807, 2.05) is 30.0 Å². The van der Waals surface area contributed by atoms with E-state index in [0.29, 0.717) is 0 Å². The Morgan fingerprint density at radius 3 is 2.05 bits per heavy atom. The number of rotatable bonds is 6. The maximum absolute atomic E-state index is 6.43. The molecule has 0 radical (unpaired) electrons. The standard InChI is InChI=1S/C17H21NO2S/c1-4-21-13-10-8-12(9-11-13)17(18)16-14(19-2)6-5-7-15(16)20-3/h5-11,17H,4,18H2,1-3H3. The fourth-order valence-corrected chi connectivity index (χ4v) is 2.95. The van der Waals surface area contributed by atoms with Gasteiger partial charge in [0.05, 0.1) is 25.8 Å². The highest BCUT2D eigenvalue weighted by Crippen LogP contribution is 2.36. The monoisotopic (exact) mass is 303 g/mol. The third-order valence-electron chi connectivity index (χ3n) is 3.33. The van der Waals surface area contributed by atoms with Crippen LogP contribution in [-0.4, -0.2) is 20.0 Å². The molecular formula is C17H21NO2S. The van der Waals surface area contributed by atoms with E-state index in [2.05, 4.69) is 31.2 Å². The maximum Gasteiger partial charge on any atom is 0.127 e. The molecule has 112 valence electrons. The van der Waals surface area contributed by atoms with E-state index in [4.69, 9.17) is 15.2 Å². The summed E-state index contributed by atoms with van der Waals surface area (Å²) in [6, 6.07) is 13.8. The number of hydrogen-bond acceptors (Lipinski definition) is 4. The van der Waals surface area contributed by atoms with Crippen LogP contribution in [-0.2, 0) is 0 Å². The first-order valence-corrected chi connectivity index (χ1v) is 7.89. The van der Waals surface area contributed by atoms with Gasteiger partial charge in [0.25, 0.3) is 0 Å². The van der Waals surface area contributed by atoms with Gasteiger partial charge in [0.1, 0.15) is 11.5 Å². The second-order valence-corrected chi connectivity index (χ2v) is 5.89. The van der Waals surface area contributed by atoms with Gasteiger partial charge in [0.15, 0.2) is 0 Å². The third-order valence-corrected chi connectivity index (χ3v) is 4.22. The molecule has 4 heteroatoms. The fraction of sp³-hybridized carbons (Fsp3) is 0.294. The Hall–Kier alpha value is -1.65. The Bertz CT molecular complexity index is 562. The molecule has 0 amide bonds. The topological polar surface area (TPSA) is 44.5 Å². The van der Waals surface area contributed by atoms with Gasteiger partial charge < -0.3 is 15.2 Å². The van der Waals surface area contributed by atoms with E-state index >= 15 is 0 Å². The number of hydrogen-bond donors (Lipinski definition) is 1. The van der Waals surface area contributed by atoms with Crippen molar-refractivity contribution in [2.75, 3.05) is 20.0 Å². The van der Waals surface area contributed by atoms with Crippen molar-refractivity contribution in [2.45, 2.75) is 17.9 Å². The molecule has 2 N–H and O–H groups in total. The molecule has 0 spiro atoms. The molecule has 2 rings (SSSR count). The highest BCUT2D eigenvalue weighted by Gasteiger charge is 2.19. The third kappa shape index (κ3) is 3.52. The Labute approximate surface area is 130 Å². The van der Waals surface area contributed by atoms with Gasteiger partial charge in [-0.25, -0.2) is 0 Å². The lowest BCUT2D eigenvalue weighted by Crippen LogP contribution is -2.14. The Kier molecular flexibility index (Phi) is 5.53. The van der Waals surface area contributed by atoms with Gasteiger partial charge in [-0.1, -0.05) is 25.1 Å². The Morgan fingerprint density at radius 1 is 1.00 bits per heavy atom. The summed E-state index contributed by atoms with van der Waals surface area (Å²) in [7, 11) is 3.29. The number of methoxy groups -OCH3 is 2. The van der Waals surface area contributed by atoms with Crippen LogP contribution in [0.5, 0.6) is 11.5 Å². The van der Waals surface area contributed by atoms with Crippen molar-refractivity contribution in [3.05, 3.63) is 53.6 Å². The number of benzene rings is 2. The van der Waals surface area contributed by atoms with Crippen molar-refractivity contribution in [3.63, 3.8) is 0 Å². The highest BCUT2D eigenvalue weighted by molar-refractivity contribution is 7.99. The van der Waals surface area contributed by atoms with Crippen molar-refractivity contribution < 1.29 is 9.47 Å². The number of nitrogens with two attached hydrogens (primary N) is 1. The van der Waals surface area contributed by atoms with E-state index in [1.165, 1.54) is 4.90 Å². The highest BCUT2D eigenvalue weighted by atomic mass is 32.2. The molecule has 0 saturated heterocycles. The van der Waals surface area contributed by atoms with E-state index < -0.39 is 0 Å². The number of thioether (sulfide) groups is 1. The van der Waals surface area contributed by atoms with Crippen LogP contribution in [0.3, 0.4) is 0 Å². The fourth-order valence-electron chi connectivity index (χ4n) is 2.29. The molecule has 0 fully saturated rings. The maximum atomic E-state index is 6.43. The molecule has 0 saturated carbocycles. The summed E-state index contributed by atoms with van der Waals surface area (Å²) in [4.78, 5) is 1.25. The zero-order valence-corrected chi connectivity index (χ0v) is 13.4. The quantitative estimate of drug-likeness (QED) is 0.823. The summed E-state index contributed by atoms with van der Waals surface area (Å²) in [6.07, 6.45) is 0. The van der Waals surface area contributed by atoms with E-state index in [1.54, 1.807) is 14.2 Å². The normalized spacial score (nSPS) is 12.0. The van der Waals surface area contributed by atoms with Gasteiger partial charge in [-0.2, -0.15) is 0 Å². The summed E-state index contributed by atoms with van der Waals surface area (Å²) >= 11 is 1.82. The van der Waals surface area contributed by atoms with Crippen LogP contribution in [0, 0.1) is 0 Å². The first-order valence-electron chi connectivity index (χ1n) is 6.90. The summed E-state index contributed by atoms with van der Waals surface area (Å²) in [5.41, 5.74) is 8.34. The second kappa shape index (κ2) is 7.38. The van der Waals surface area contributed by atoms with Gasteiger partial charge in [-0.15, -0.1) is 11.8 Å². The summed E-state index contributed by atoms with van der Waals surface area (Å²) in [5.74, 6) is 2.55. The molecule has 2 aromatic carbocycles. The molecule has 0 aliphatic rings. The lowest BCUT2D eigenvalue weighted by Gasteiger charge is -2.19. The smallest absolute Gasteiger partial charge is 0.127 e. The predicted octanol–water partition coefficient (Wildman–Crippen LogP) is 3.86. The minimum atomic E-state index is -0.281. The van der Waals surface area contributed by atoms with Crippen molar-refractivity contribution in [1.29, 1.82) is 0 Å². The largest absolute Gasteiger partial charge is 0.496 e. The lowest BCUT2D eigenvalue weighted by molar-refractivity contribution is 0.382. The van der Waals surface area contributed by atoms with Gasteiger partial charge in [0, 0.05) is 4.90 Å². The summed E-state index contributed by atoms with van der Waals surface area (Å²) in [5, 5.41) is 0. The molecule has 21 heavy (non-hydrogen) atoms. The molecule has 0 aliphatic carbocycles. The van der Waals surface area contributed by atoms with Crippen LogP contribution in [0.1, 0.15) is 24.1 Å². The van der Waals surface area contributed by atoms with Crippen molar-refractivity contribution in [1.82, 2.24) is 0 Å². The minimum Gasteiger partial charge on any atom is -0.496 e. The molecule has 1 unspecified atom stereocenters. The van der Waals surface area contributed by atoms with Gasteiger partial charge >= 0.3 is 0 Å². The lowest BCUT2D eigenvalue weighted by atomic mass is 9.98. The molecule has 0 aliphatic heterocycles. The zero-order valence-electron chi connectivity index (χ0n) is 12.6. The molecule has 0 bridgehead atoms. The van der Waals surface area contributed by atoms with Crippen LogP contribution >= 0.6 is 11.8 Å². The van der Waals surface area contributed by atoms with Gasteiger partial charge in [-0.05, 0) is 35.6 Å². The Morgan fingerprint density at radius 2 is 1.57 bits per heavy atom. The van der Waals surface area contributed by atoms with Gasteiger partial charge in [-0.3, -0.25) is 0 Å². The van der Waals surface area contributed by atoms with Crippen LogP contribution in [0.25, 0.3) is 0 Å². The average Bonchev–Trinajstić information content (AvgIpc) is 2.54. The molecule has 1 atom stereocenters. The Balaban J connectivity index is 2.37. The van der Waals surface area contributed by atoms with E-state index in [9.17, 15) is 0 Å². The SMILES string of the molecule is CCSc1ccc(C(N)c2c(OC)cccc2OC)cc1. The zero-order chi connectivity index (χ0) is 15.2. The van der Waals surface area contributed by atoms with Crippen LogP contribution in [0.2, 0.25) is 0 Å². The van der Waals surface area contributed by atoms with Crippen LogP contribution in [0.15, 0.2) is 47.4 Å².